The van der Waals surface area contributed by atoms with Gasteiger partial charge < -0.3 is 10.6 Å². The van der Waals surface area contributed by atoms with Gasteiger partial charge in [-0.15, -0.1) is 0 Å². The molecule has 120 valence electrons. The number of anilines is 2. The Morgan fingerprint density at radius 2 is 2.09 bits per heavy atom. The highest BCUT2D eigenvalue weighted by Gasteiger charge is 2.52. The highest BCUT2D eigenvalue weighted by Crippen LogP contribution is 2.53. The van der Waals surface area contributed by atoms with Crippen LogP contribution in [0.4, 0.5) is 11.6 Å². The highest BCUT2D eigenvalue weighted by molar-refractivity contribution is 6.43. The summed E-state index contributed by atoms with van der Waals surface area (Å²) in [5.41, 5.74) is 7.92. The molecule has 2 aliphatic rings. The number of hydrogen-bond acceptors (Lipinski definition) is 4. The number of rotatable bonds is 2. The molecule has 6 heteroatoms. The van der Waals surface area contributed by atoms with Crippen LogP contribution in [0.2, 0.25) is 10.0 Å². The fourth-order valence-corrected chi connectivity index (χ4v) is 4.02. The first kappa shape index (κ1) is 15.0. The molecular formula is C17H18Cl2N4. The van der Waals surface area contributed by atoms with Crippen LogP contribution in [0, 0.1) is 11.3 Å². The Hall–Kier alpha value is -1.52. The van der Waals surface area contributed by atoms with E-state index in [0.717, 1.165) is 24.8 Å². The van der Waals surface area contributed by atoms with Crippen molar-refractivity contribution in [2.75, 3.05) is 23.7 Å². The molecule has 1 aromatic carbocycles. The van der Waals surface area contributed by atoms with Crippen molar-refractivity contribution in [2.24, 2.45) is 11.3 Å². The molecule has 2 N–H and O–H groups in total. The minimum atomic E-state index is 0.384. The standard InChI is InChI=1S/C17H18Cl2N4/c1-10-5-6-17(10)8-23(9-17)13-7-21-15(16(20)22-13)11-3-2-4-12(18)14(11)19/h2-4,7,10H,5-6,8-9H2,1H3,(H2,20,22). The number of nitrogen functional groups attached to an aromatic ring is 1. The van der Waals surface area contributed by atoms with Crippen LogP contribution in [-0.2, 0) is 0 Å². The fraction of sp³-hybridized carbons (Fsp3) is 0.412. The average molecular weight is 349 g/mol. The topological polar surface area (TPSA) is 55.0 Å². The lowest BCUT2D eigenvalue weighted by Gasteiger charge is -2.60. The van der Waals surface area contributed by atoms with Gasteiger partial charge in [-0.1, -0.05) is 42.3 Å². The molecule has 1 aliphatic carbocycles. The Bertz CT molecular complexity index is 771. The maximum Gasteiger partial charge on any atom is 0.152 e. The van der Waals surface area contributed by atoms with E-state index in [0.29, 0.717) is 32.5 Å². The summed E-state index contributed by atoms with van der Waals surface area (Å²) in [6.07, 6.45) is 4.44. The number of aromatic nitrogens is 2. The quantitative estimate of drug-likeness (QED) is 0.880. The molecule has 2 aromatic rings. The molecule has 1 aliphatic heterocycles. The molecule has 1 aromatic heterocycles. The molecular weight excluding hydrogens is 331 g/mol. The lowest BCUT2D eigenvalue weighted by molar-refractivity contribution is 0.0114. The van der Waals surface area contributed by atoms with E-state index in [9.17, 15) is 0 Å². The van der Waals surface area contributed by atoms with Gasteiger partial charge >= 0.3 is 0 Å². The zero-order valence-electron chi connectivity index (χ0n) is 12.9. The van der Waals surface area contributed by atoms with E-state index in [1.807, 2.05) is 12.1 Å². The smallest absolute Gasteiger partial charge is 0.152 e. The van der Waals surface area contributed by atoms with Crippen molar-refractivity contribution in [1.29, 1.82) is 0 Å². The number of hydrogen-bond donors (Lipinski definition) is 1. The Kier molecular flexibility index (Phi) is 3.43. The summed E-state index contributed by atoms with van der Waals surface area (Å²) in [7, 11) is 0. The van der Waals surface area contributed by atoms with Gasteiger partial charge in [-0.05, 0) is 24.8 Å². The van der Waals surface area contributed by atoms with Crippen molar-refractivity contribution in [2.45, 2.75) is 19.8 Å². The maximum absolute atomic E-state index is 6.25. The van der Waals surface area contributed by atoms with E-state index < -0.39 is 0 Å². The summed E-state index contributed by atoms with van der Waals surface area (Å²) in [6, 6.07) is 5.42. The second kappa shape index (κ2) is 5.25. The first-order chi connectivity index (χ1) is 11.0. The predicted molar refractivity (Wildman–Crippen MR) is 94.9 cm³/mol. The zero-order chi connectivity index (χ0) is 16.2. The molecule has 1 unspecified atom stereocenters. The summed E-state index contributed by atoms with van der Waals surface area (Å²) in [6.45, 7) is 4.45. The SMILES string of the molecule is CC1CCC12CN(c1cnc(-c3cccc(Cl)c3Cl)c(N)n1)C2. The summed E-state index contributed by atoms with van der Waals surface area (Å²) in [5.74, 6) is 2.04. The molecule has 0 amide bonds. The van der Waals surface area contributed by atoms with Gasteiger partial charge in [0.2, 0.25) is 0 Å². The van der Waals surface area contributed by atoms with Crippen LogP contribution in [0.5, 0.6) is 0 Å². The molecule has 1 atom stereocenters. The minimum absolute atomic E-state index is 0.384. The van der Waals surface area contributed by atoms with Crippen LogP contribution in [0.15, 0.2) is 24.4 Å². The van der Waals surface area contributed by atoms with E-state index in [1.54, 1.807) is 12.3 Å². The molecule has 2 heterocycles. The van der Waals surface area contributed by atoms with Gasteiger partial charge in [0, 0.05) is 24.1 Å². The van der Waals surface area contributed by atoms with Gasteiger partial charge in [0.05, 0.1) is 16.2 Å². The van der Waals surface area contributed by atoms with E-state index in [4.69, 9.17) is 28.9 Å². The Balaban J connectivity index is 1.60. The molecule has 2 fully saturated rings. The summed E-state index contributed by atoms with van der Waals surface area (Å²) in [5, 5.41) is 0.937. The largest absolute Gasteiger partial charge is 0.382 e. The van der Waals surface area contributed by atoms with Gasteiger partial charge in [0.15, 0.2) is 5.82 Å². The van der Waals surface area contributed by atoms with Crippen LogP contribution >= 0.6 is 23.2 Å². The predicted octanol–water partition coefficient (Wildman–Crippen LogP) is 4.27. The summed E-state index contributed by atoms with van der Waals surface area (Å²) < 4.78 is 0. The third-order valence-electron chi connectivity index (χ3n) is 5.45. The van der Waals surface area contributed by atoms with Crippen LogP contribution in [-0.4, -0.2) is 23.1 Å². The zero-order valence-corrected chi connectivity index (χ0v) is 14.4. The second-order valence-corrected chi connectivity index (χ2v) is 7.51. The lowest BCUT2D eigenvalue weighted by Crippen LogP contribution is -2.64. The molecule has 1 spiro atoms. The minimum Gasteiger partial charge on any atom is -0.382 e. The van der Waals surface area contributed by atoms with Crippen molar-refractivity contribution in [1.82, 2.24) is 9.97 Å². The maximum atomic E-state index is 6.25. The number of benzene rings is 1. The van der Waals surface area contributed by atoms with Crippen molar-refractivity contribution in [3.05, 3.63) is 34.4 Å². The van der Waals surface area contributed by atoms with E-state index in [-0.39, 0.29) is 0 Å². The lowest BCUT2D eigenvalue weighted by atomic mass is 9.56. The normalized spacial score (nSPS) is 21.9. The van der Waals surface area contributed by atoms with Crippen molar-refractivity contribution >= 4 is 34.8 Å². The molecule has 4 rings (SSSR count). The third kappa shape index (κ3) is 2.27. The molecule has 1 saturated carbocycles. The van der Waals surface area contributed by atoms with Gasteiger partial charge in [-0.3, -0.25) is 0 Å². The first-order valence-corrected chi connectivity index (χ1v) is 8.58. The number of nitrogens with two attached hydrogens (primary N) is 1. The summed E-state index contributed by atoms with van der Waals surface area (Å²) >= 11 is 12.3. The van der Waals surface area contributed by atoms with Crippen molar-refractivity contribution < 1.29 is 0 Å². The number of nitrogens with zero attached hydrogens (tertiary/aromatic N) is 3. The van der Waals surface area contributed by atoms with Crippen LogP contribution in [0.1, 0.15) is 19.8 Å². The fourth-order valence-electron chi connectivity index (χ4n) is 3.63. The molecule has 0 radical (unpaired) electrons. The average Bonchev–Trinajstić information content (AvgIpc) is 2.48. The molecule has 0 bridgehead atoms. The Morgan fingerprint density at radius 3 is 2.70 bits per heavy atom. The molecule has 23 heavy (non-hydrogen) atoms. The number of halogens is 2. The van der Waals surface area contributed by atoms with E-state index >= 15 is 0 Å². The molecule has 1 saturated heterocycles. The first-order valence-electron chi connectivity index (χ1n) is 7.82. The summed E-state index contributed by atoms with van der Waals surface area (Å²) in [4.78, 5) is 11.3. The van der Waals surface area contributed by atoms with Gasteiger partial charge in [-0.25, -0.2) is 9.97 Å². The Morgan fingerprint density at radius 1 is 1.30 bits per heavy atom. The van der Waals surface area contributed by atoms with Gasteiger partial charge in [-0.2, -0.15) is 0 Å². The van der Waals surface area contributed by atoms with Crippen molar-refractivity contribution in [3.63, 3.8) is 0 Å². The van der Waals surface area contributed by atoms with Crippen LogP contribution < -0.4 is 10.6 Å². The van der Waals surface area contributed by atoms with E-state index in [1.165, 1.54) is 12.8 Å². The van der Waals surface area contributed by atoms with Gasteiger partial charge in [0.1, 0.15) is 11.5 Å². The molecule has 4 nitrogen and oxygen atoms in total. The monoisotopic (exact) mass is 348 g/mol. The van der Waals surface area contributed by atoms with Crippen LogP contribution in [0.25, 0.3) is 11.3 Å². The highest BCUT2D eigenvalue weighted by atomic mass is 35.5. The van der Waals surface area contributed by atoms with Crippen LogP contribution in [0.3, 0.4) is 0 Å². The van der Waals surface area contributed by atoms with Crippen molar-refractivity contribution in [3.8, 4) is 11.3 Å². The second-order valence-electron chi connectivity index (χ2n) is 6.72. The van der Waals surface area contributed by atoms with Gasteiger partial charge in [0.25, 0.3) is 0 Å². The third-order valence-corrected chi connectivity index (χ3v) is 6.27. The van der Waals surface area contributed by atoms with E-state index in [2.05, 4.69) is 21.8 Å². The Labute approximate surface area is 145 Å².